The first-order chi connectivity index (χ1) is 5.72. The molecule has 0 atom stereocenters. The molecule has 0 aliphatic heterocycles. The van der Waals surface area contributed by atoms with Crippen LogP contribution in [0.4, 0.5) is 4.53 Å². The molecule has 0 amide bonds. The van der Waals surface area contributed by atoms with Gasteiger partial charge in [0.15, 0.2) is 0 Å². The average molecular weight is 177 g/mol. The van der Waals surface area contributed by atoms with Gasteiger partial charge in [0.1, 0.15) is 0 Å². The molecule has 0 spiro atoms. The van der Waals surface area contributed by atoms with Gasteiger partial charge in [0.25, 0.3) is 0 Å². The summed E-state index contributed by atoms with van der Waals surface area (Å²) in [5.74, 6) is 0. The quantitative estimate of drug-likeness (QED) is 0.554. The van der Waals surface area contributed by atoms with Gasteiger partial charge in [-0.2, -0.15) is 4.94 Å². The molecule has 0 N–H and O–H groups in total. The van der Waals surface area contributed by atoms with Crippen molar-refractivity contribution >= 4 is 0 Å². The lowest BCUT2D eigenvalue weighted by Gasteiger charge is -2.25. The van der Waals surface area contributed by atoms with Crippen LogP contribution >= 0.6 is 0 Å². The van der Waals surface area contributed by atoms with Crippen molar-refractivity contribution in [3.8, 4) is 0 Å². The van der Waals surface area contributed by atoms with Crippen molar-refractivity contribution in [1.29, 1.82) is 0 Å². The Morgan fingerprint density at radius 1 is 1.33 bits per heavy atom. The van der Waals surface area contributed by atoms with E-state index < -0.39 is 0 Å². The molecule has 0 aromatic carbocycles. The molecule has 0 rings (SSSR count). The second-order valence-corrected chi connectivity index (χ2v) is 3.30. The first kappa shape index (κ1) is 11.8. The second kappa shape index (κ2) is 7.50. The molecule has 74 valence electrons. The average Bonchev–Trinajstić information content (AvgIpc) is 2.03. The van der Waals surface area contributed by atoms with Crippen LogP contribution in [0.1, 0.15) is 33.6 Å². The van der Waals surface area contributed by atoms with E-state index in [4.69, 9.17) is 0 Å². The van der Waals surface area contributed by atoms with Crippen molar-refractivity contribution in [3.05, 3.63) is 0 Å². The lowest BCUT2D eigenvalue weighted by molar-refractivity contribution is -0.133. The zero-order chi connectivity index (χ0) is 9.40. The van der Waals surface area contributed by atoms with Crippen LogP contribution in [0.2, 0.25) is 0 Å². The van der Waals surface area contributed by atoms with Gasteiger partial charge >= 0.3 is 0 Å². The fourth-order valence-electron chi connectivity index (χ4n) is 1.24. The molecule has 0 aliphatic rings. The van der Waals surface area contributed by atoms with Crippen molar-refractivity contribution in [2.45, 2.75) is 39.7 Å². The fourth-order valence-corrected chi connectivity index (χ4v) is 1.24. The highest BCUT2D eigenvalue weighted by molar-refractivity contribution is 4.61. The van der Waals surface area contributed by atoms with Gasteiger partial charge in [-0.05, 0) is 37.8 Å². The van der Waals surface area contributed by atoms with E-state index in [0.29, 0.717) is 6.04 Å². The van der Waals surface area contributed by atoms with Crippen LogP contribution in [0.25, 0.3) is 0 Å². The molecule has 3 heteroatoms. The number of nitrogens with zero attached hydrogens (tertiary/aromatic N) is 1. The maximum atomic E-state index is 11.3. The highest BCUT2D eigenvalue weighted by Crippen LogP contribution is 2.01. The fraction of sp³-hybridized carbons (Fsp3) is 1.00. The number of halogens is 1. The maximum absolute atomic E-state index is 11.3. The third kappa shape index (κ3) is 5.49. The van der Waals surface area contributed by atoms with Crippen LogP contribution in [0.3, 0.4) is 0 Å². The summed E-state index contributed by atoms with van der Waals surface area (Å²) >= 11 is 0. The highest BCUT2D eigenvalue weighted by atomic mass is 19.3. The molecule has 0 unspecified atom stereocenters. The van der Waals surface area contributed by atoms with Crippen LogP contribution in [-0.4, -0.2) is 30.6 Å². The Morgan fingerprint density at radius 2 is 2.00 bits per heavy atom. The minimum Gasteiger partial charge on any atom is -0.301 e. The van der Waals surface area contributed by atoms with Crippen LogP contribution in [0.5, 0.6) is 0 Å². The minimum atomic E-state index is 0.215. The Kier molecular flexibility index (Phi) is 7.40. The van der Waals surface area contributed by atoms with E-state index in [1.54, 1.807) is 0 Å². The molecule has 0 aliphatic carbocycles. The maximum Gasteiger partial charge on any atom is 0.0888 e. The molecule has 0 fully saturated rings. The molecule has 0 radical (unpaired) electrons. The van der Waals surface area contributed by atoms with E-state index in [1.165, 1.54) is 0 Å². The summed E-state index contributed by atoms with van der Waals surface area (Å²) in [6.45, 7) is 8.70. The number of hydrogen-bond acceptors (Lipinski definition) is 2. The lowest BCUT2D eigenvalue weighted by atomic mass is 10.2. The van der Waals surface area contributed by atoms with Gasteiger partial charge in [-0.25, -0.2) is 0 Å². The zero-order valence-electron chi connectivity index (χ0n) is 8.35. The van der Waals surface area contributed by atoms with Crippen molar-refractivity contribution in [1.82, 2.24) is 4.90 Å². The molecular weight excluding hydrogens is 157 g/mol. The predicted octanol–water partition coefficient (Wildman–Crippen LogP) is 2.40. The Bertz CT molecular complexity index is 98.5. The monoisotopic (exact) mass is 177 g/mol. The summed E-state index contributed by atoms with van der Waals surface area (Å²) < 4.78 is 11.3. The Morgan fingerprint density at radius 3 is 2.42 bits per heavy atom. The van der Waals surface area contributed by atoms with Gasteiger partial charge in [-0.1, -0.05) is 6.92 Å². The summed E-state index contributed by atoms with van der Waals surface area (Å²) in [6.07, 6.45) is 1.92. The van der Waals surface area contributed by atoms with E-state index in [0.717, 1.165) is 25.9 Å². The van der Waals surface area contributed by atoms with Crippen molar-refractivity contribution in [3.63, 3.8) is 0 Å². The predicted molar refractivity (Wildman–Crippen MR) is 48.7 cm³/mol. The summed E-state index contributed by atoms with van der Waals surface area (Å²) in [7, 11) is 0. The van der Waals surface area contributed by atoms with Crippen molar-refractivity contribution in [2.75, 3.05) is 19.7 Å². The van der Waals surface area contributed by atoms with Gasteiger partial charge in [-0.3, -0.25) is 0 Å². The van der Waals surface area contributed by atoms with E-state index in [1.807, 2.05) is 0 Å². The molecule has 12 heavy (non-hydrogen) atoms. The van der Waals surface area contributed by atoms with Crippen LogP contribution in [0.15, 0.2) is 0 Å². The van der Waals surface area contributed by atoms with Gasteiger partial charge in [0.05, 0.1) is 6.61 Å². The van der Waals surface area contributed by atoms with E-state index in [9.17, 15) is 4.53 Å². The summed E-state index contributed by atoms with van der Waals surface area (Å²) in [4.78, 5) is 5.86. The van der Waals surface area contributed by atoms with Gasteiger partial charge < -0.3 is 4.90 Å². The summed E-state index contributed by atoms with van der Waals surface area (Å²) in [6, 6.07) is 0.546. The largest absolute Gasteiger partial charge is 0.301 e. The molecule has 0 aromatic heterocycles. The number of hydrogen-bond donors (Lipinski definition) is 0. The zero-order valence-corrected chi connectivity index (χ0v) is 8.35. The summed E-state index contributed by atoms with van der Waals surface area (Å²) in [5, 5.41) is 0. The van der Waals surface area contributed by atoms with Crippen molar-refractivity contribution < 1.29 is 9.47 Å². The summed E-state index contributed by atoms with van der Waals surface area (Å²) in [5.41, 5.74) is 0. The van der Waals surface area contributed by atoms with Crippen molar-refractivity contribution in [2.24, 2.45) is 0 Å². The lowest BCUT2D eigenvalue weighted by Crippen LogP contribution is -2.32. The van der Waals surface area contributed by atoms with Crippen LogP contribution < -0.4 is 0 Å². The Balaban J connectivity index is 3.49. The molecule has 0 saturated heterocycles. The topological polar surface area (TPSA) is 12.5 Å². The Labute approximate surface area is 74.6 Å². The van der Waals surface area contributed by atoms with Gasteiger partial charge in [-0.15, -0.1) is 0 Å². The molecular formula is C9H20FNO. The second-order valence-electron chi connectivity index (χ2n) is 3.30. The molecule has 0 bridgehead atoms. The standard InChI is InChI=1S/C9H20FNO/c1-4-6-11(9(2)3)7-5-8-12-10/h9H,4-8H2,1-3H3. The Hall–Kier alpha value is -0.150. The number of rotatable bonds is 7. The highest BCUT2D eigenvalue weighted by Gasteiger charge is 2.06. The first-order valence-electron chi connectivity index (χ1n) is 4.70. The third-order valence-electron chi connectivity index (χ3n) is 1.91. The van der Waals surface area contributed by atoms with Crippen LogP contribution in [-0.2, 0) is 4.94 Å². The van der Waals surface area contributed by atoms with Crippen LogP contribution in [0, 0.1) is 0 Å². The van der Waals surface area contributed by atoms with E-state index in [-0.39, 0.29) is 6.61 Å². The molecule has 0 heterocycles. The first-order valence-corrected chi connectivity index (χ1v) is 4.70. The third-order valence-corrected chi connectivity index (χ3v) is 1.91. The molecule has 0 aromatic rings. The SMILES string of the molecule is CCCN(CCCOF)C(C)C. The molecule has 0 saturated carbocycles. The van der Waals surface area contributed by atoms with E-state index >= 15 is 0 Å². The van der Waals surface area contributed by atoms with Gasteiger partial charge in [0, 0.05) is 12.6 Å². The smallest absolute Gasteiger partial charge is 0.0888 e. The van der Waals surface area contributed by atoms with Gasteiger partial charge in [0.2, 0.25) is 0 Å². The molecule has 2 nitrogen and oxygen atoms in total. The normalized spacial score (nSPS) is 11.5. The minimum absolute atomic E-state index is 0.215. The van der Waals surface area contributed by atoms with E-state index in [2.05, 4.69) is 30.6 Å².